The normalized spacial score (nSPS) is 13.7. The van der Waals surface area contributed by atoms with Crippen LogP contribution in [0, 0.1) is 5.92 Å². The minimum Gasteiger partial charge on any atom is -0.384 e. The summed E-state index contributed by atoms with van der Waals surface area (Å²) in [4.78, 5) is 0. The van der Waals surface area contributed by atoms with Crippen molar-refractivity contribution in [2.45, 2.75) is 19.8 Å². The van der Waals surface area contributed by atoms with Gasteiger partial charge in [0.25, 0.3) is 0 Å². The zero-order chi connectivity index (χ0) is 7.11. The topological polar surface area (TPSA) is 35.2 Å². The third-order valence-corrected chi connectivity index (χ3v) is 1.35. The zero-order valence-corrected chi connectivity index (χ0v) is 6.39. The van der Waals surface area contributed by atoms with Gasteiger partial charge in [-0.05, 0) is 25.3 Å². The predicted octanol–water partition coefficient (Wildman–Crippen LogP) is 1.01. The molecular formula is C7H17NO. The molecule has 0 aromatic rings. The van der Waals surface area contributed by atoms with E-state index in [1.165, 1.54) is 6.42 Å². The second kappa shape index (κ2) is 6.05. The summed E-state index contributed by atoms with van der Waals surface area (Å²) in [6.07, 6.45) is 2.30. The third-order valence-electron chi connectivity index (χ3n) is 1.35. The van der Waals surface area contributed by atoms with Gasteiger partial charge in [-0.15, -0.1) is 0 Å². The molecule has 0 saturated heterocycles. The molecule has 0 heterocycles. The first kappa shape index (κ1) is 8.92. The molecule has 2 N–H and O–H groups in total. The molecule has 0 radical (unpaired) electrons. The molecule has 0 rings (SSSR count). The van der Waals surface area contributed by atoms with E-state index in [0.29, 0.717) is 5.92 Å². The minimum atomic E-state index is 0.665. The number of rotatable bonds is 5. The van der Waals surface area contributed by atoms with Crippen LogP contribution in [-0.2, 0) is 4.74 Å². The highest BCUT2D eigenvalue weighted by molar-refractivity contribution is 4.50. The summed E-state index contributed by atoms with van der Waals surface area (Å²) in [7, 11) is 1.74. The van der Waals surface area contributed by atoms with Crippen LogP contribution in [0.3, 0.4) is 0 Å². The first-order chi connectivity index (χ1) is 4.31. The van der Waals surface area contributed by atoms with Gasteiger partial charge in [-0.3, -0.25) is 0 Å². The number of hydrogen-bond acceptors (Lipinski definition) is 2. The van der Waals surface area contributed by atoms with Gasteiger partial charge in [0.2, 0.25) is 0 Å². The summed E-state index contributed by atoms with van der Waals surface area (Å²) >= 11 is 0. The number of methoxy groups -OCH3 is 1. The fraction of sp³-hybridized carbons (Fsp3) is 1.00. The summed E-state index contributed by atoms with van der Waals surface area (Å²) < 4.78 is 4.96. The summed E-state index contributed by atoms with van der Waals surface area (Å²) in [5.41, 5.74) is 5.33. The van der Waals surface area contributed by atoms with Crippen molar-refractivity contribution in [3.63, 3.8) is 0 Å². The molecule has 0 aliphatic rings. The van der Waals surface area contributed by atoms with Crippen LogP contribution in [0.4, 0.5) is 0 Å². The molecule has 0 aromatic heterocycles. The highest BCUT2D eigenvalue weighted by atomic mass is 16.5. The van der Waals surface area contributed by atoms with E-state index in [2.05, 4.69) is 6.92 Å². The predicted molar refractivity (Wildman–Crippen MR) is 39.3 cm³/mol. The average molecular weight is 131 g/mol. The summed E-state index contributed by atoms with van der Waals surface area (Å²) in [5.74, 6) is 0.665. The Morgan fingerprint density at radius 2 is 2.22 bits per heavy atom. The molecule has 0 fully saturated rings. The van der Waals surface area contributed by atoms with Gasteiger partial charge in [0.15, 0.2) is 0 Å². The Bertz CT molecular complexity index is 56.9. The Labute approximate surface area is 57.4 Å². The lowest BCUT2D eigenvalue weighted by atomic mass is 10.1. The lowest BCUT2D eigenvalue weighted by Gasteiger charge is -2.07. The van der Waals surface area contributed by atoms with E-state index in [1.54, 1.807) is 7.11 Å². The molecule has 0 aliphatic carbocycles. The second-order valence-electron chi connectivity index (χ2n) is 2.49. The maximum atomic E-state index is 5.33. The fourth-order valence-corrected chi connectivity index (χ4v) is 0.834. The SMILES string of the molecule is COCC(C)CCCN. The van der Waals surface area contributed by atoms with E-state index in [-0.39, 0.29) is 0 Å². The number of hydrogen-bond donors (Lipinski definition) is 1. The first-order valence-electron chi connectivity index (χ1n) is 3.50. The Morgan fingerprint density at radius 1 is 1.56 bits per heavy atom. The first-order valence-corrected chi connectivity index (χ1v) is 3.50. The third kappa shape index (κ3) is 5.80. The quantitative estimate of drug-likeness (QED) is 0.604. The molecule has 0 aliphatic heterocycles. The van der Waals surface area contributed by atoms with Crippen LogP contribution in [0.5, 0.6) is 0 Å². The van der Waals surface area contributed by atoms with E-state index in [9.17, 15) is 0 Å². The van der Waals surface area contributed by atoms with Gasteiger partial charge < -0.3 is 10.5 Å². The summed E-state index contributed by atoms with van der Waals surface area (Å²) in [5, 5.41) is 0. The lowest BCUT2D eigenvalue weighted by molar-refractivity contribution is 0.155. The van der Waals surface area contributed by atoms with E-state index < -0.39 is 0 Å². The second-order valence-corrected chi connectivity index (χ2v) is 2.49. The van der Waals surface area contributed by atoms with Gasteiger partial charge in [0, 0.05) is 13.7 Å². The molecule has 56 valence electrons. The average Bonchev–Trinajstić information content (AvgIpc) is 1.85. The van der Waals surface area contributed by atoms with Crippen molar-refractivity contribution in [1.29, 1.82) is 0 Å². The van der Waals surface area contributed by atoms with Crippen molar-refractivity contribution < 1.29 is 4.74 Å². The monoisotopic (exact) mass is 131 g/mol. The van der Waals surface area contributed by atoms with Crippen molar-refractivity contribution in [2.75, 3.05) is 20.3 Å². The van der Waals surface area contributed by atoms with E-state index in [0.717, 1.165) is 19.6 Å². The van der Waals surface area contributed by atoms with Crippen molar-refractivity contribution in [3.05, 3.63) is 0 Å². The number of ether oxygens (including phenoxy) is 1. The molecule has 0 saturated carbocycles. The molecule has 2 nitrogen and oxygen atoms in total. The van der Waals surface area contributed by atoms with Gasteiger partial charge in [-0.1, -0.05) is 6.92 Å². The summed E-state index contributed by atoms with van der Waals surface area (Å²) in [6, 6.07) is 0. The van der Waals surface area contributed by atoms with Crippen LogP contribution in [0.2, 0.25) is 0 Å². The smallest absolute Gasteiger partial charge is 0.0487 e. The van der Waals surface area contributed by atoms with Crippen LogP contribution >= 0.6 is 0 Å². The van der Waals surface area contributed by atoms with Crippen molar-refractivity contribution in [1.82, 2.24) is 0 Å². The van der Waals surface area contributed by atoms with E-state index in [1.807, 2.05) is 0 Å². The van der Waals surface area contributed by atoms with Crippen LogP contribution in [0.1, 0.15) is 19.8 Å². The lowest BCUT2D eigenvalue weighted by Crippen LogP contribution is -2.07. The van der Waals surface area contributed by atoms with Gasteiger partial charge in [0.1, 0.15) is 0 Å². The van der Waals surface area contributed by atoms with Gasteiger partial charge in [-0.25, -0.2) is 0 Å². The van der Waals surface area contributed by atoms with E-state index >= 15 is 0 Å². The molecular weight excluding hydrogens is 114 g/mol. The van der Waals surface area contributed by atoms with Crippen molar-refractivity contribution >= 4 is 0 Å². The van der Waals surface area contributed by atoms with Gasteiger partial charge in [0.05, 0.1) is 0 Å². The molecule has 0 bridgehead atoms. The fourth-order valence-electron chi connectivity index (χ4n) is 0.834. The van der Waals surface area contributed by atoms with Gasteiger partial charge in [-0.2, -0.15) is 0 Å². The zero-order valence-electron chi connectivity index (χ0n) is 6.39. The summed E-state index contributed by atoms with van der Waals surface area (Å²) in [6.45, 7) is 3.84. The van der Waals surface area contributed by atoms with Crippen LogP contribution in [-0.4, -0.2) is 20.3 Å². The van der Waals surface area contributed by atoms with E-state index in [4.69, 9.17) is 10.5 Å². The van der Waals surface area contributed by atoms with Crippen LogP contribution in [0.25, 0.3) is 0 Å². The number of nitrogens with two attached hydrogens (primary N) is 1. The maximum absolute atomic E-state index is 5.33. The molecule has 1 unspecified atom stereocenters. The standard InChI is InChI=1S/C7H17NO/c1-7(6-9-2)4-3-5-8/h7H,3-6,8H2,1-2H3. The van der Waals surface area contributed by atoms with Crippen LogP contribution < -0.4 is 5.73 Å². The molecule has 2 heteroatoms. The largest absolute Gasteiger partial charge is 0.384 e. The molecule has 1 atom stereocenters. The Morgan fingerprint density at radius 3 is 2.67 bits per heavy atom. The maximum Gasteiger partial charge on any atom is 0.0487 e. The van der Waals surface area contributed by atoms with Gasteiger partial charge >= 0.3 is 0 Å². The highest BCUT2D eigenvalue weighted by Gasteiger charge is 1.98. The highest BCUT2D eigenvalue weighted by Crippen LogP contribution is 2.03. The Hall–Kier alpha value is -0.0800. The van der Waals surface area contributed by atoms with Crippen molar-refractivity contribution in [3.8, 4) is 0 Å². The minimum absolute atomic E-state index is 0.665. The molecule has 0 amide bonds. The molecule has 0 aromatic carbocycles. The Kier molecular flexibility index (Phi) is 5.99. The molecule has 0 spiro atoms. The Balaban J connectivity index is 2.95. The van der Waals surface area contributed by atoms with Crippen molar-refractivity contribution in [2.24, 2.45) is 11.7 Å². The van der Waals surface area contributed by atoms with Crippen LogP contribution in [0.15, 0.2) is 0 Å². The molecule has 9 heavy (non-hydrogen) atoms.